The van der Waals surface area contributed by atoms with Gasteiger partial charge in [0.15, 0.2) is 0 Å². The van der Waals surface area contributed by atoms with Gasteiger partial charge in [0.05, 0.1) is 11.3 Å². The Morgan fingerprint density at radius 1 is 1.58 bits per heavy atom. The standard InChI is InChI=1S/C9H9BrOS/c1-11-7-3-2-6-4-9(10)12-8(6)5-7/h2-3,5,9H,4H2,1H3. The smallest absolute Gasteiger partial charge is 0.119 e. The maximum absolute atomic E-state index is 5.15. The molecule has 1 aromatic rings. The number of thioether (sulfide) groups is 1. The number of hydrogen-bond acceptors (Lipinski definition) is 2. The summed E-state index contributed by atoms with van der Waals surface area (Å²) in [5, 5.41) is 0. The fourth-order valence-corrected chi connectivity index (χ4v) is 3.27. The molecule has 0 radical (unpaired) electrons. The van der Waals surface area contributed by atoms with Crippen LogP contribution in [0.15, 0.2) is 23.1 Å². The molecule has 0 saturated heterocycles. The van der Waals surface area contributed by atoms with E-state index < -0.39 is 0 Å². The number of fused-ring (bicyclic) bond motifs is 1. The zero-order valence-electron chi connectivity index (χ0n) is 6.71. The van der Waals surface area contributed by atoms with Crippen LogP contribution in [-0.2, 0) is 6.42 Å². The van der Waals surface area contributed by atoms with Gasteiger partial charge in [0, 0.05) is 4.90 Å². The minimum absolute atomic E-state index is 0.541. The lowest BCUT2D eigenvalue weighted by Crippen LogP contribution is -1.86. The quantitative estimate of drug-likeness (QED) is 0.703. The summed E-state index contributed by atoms with van der Waals surface area (Å²) in [6, 6.07) is 6.26. The van der Waals surface area contributed by atoms with E-state index in [2.05, 4.69) is 28.1 Å². The van der Waals surface area contributed by atoms with Crippen LogP contribution in [0.1, 0.15) is 5.56 Å². The van der Waals surface area contributed by atoms with E-state index in [9.17, 15) is 0 Å². The third kappa shape index (κ3) is 1.48. The molecule has 1 aromatic carbocycles. The molecule has 0 fully saturated rings. The number of rotatable bonds is 1. The van der Waals surface area contributed by atoms with E-state index in [1.807, 2.05) is 17.8 Å². The Morgan fingerprint density at radius 2 is 2.42 bits per heavy atom. The summed E-state index contributed by atoms with van der Waals surface area (Å²) in [4.78, 5) is 1.34. The topological polar surface area (TPSA) is 9.23 Å². The van der Waals surface area contributed by atoms with Gasteiger partial charge in [0.1, 0.15) is 5.75 Å². The number of methoxy groups -OCH3 is 1. The van der Waals surface area contributed by atoms with Gasteiger partial charge in [-0.2, -0.15) is 0 Å². The minimum Gasteiger partial charge on any atom is -0.497 e. The van der Waals surface area contributed by atoms with Crippen LogP contribution < -0.4 is 4.74 Å². The second-order valence-electron chi connectivity index (χ2n) is 2.71. The molecule has 2 rings (SSSR count). The van der Waals surface area contributed by atoms with Crippen LogP contribution >= 0.6 is 27.7 Å². The van der Waals surface area contributed by atoms with Crippen LogP contribution in [-0.4, -0.2) is 11.3 Å². The van der Waals surface area contributed by atoms with Gasteiger partial charge in [0.25, 0.3) is 0 Å². The van der Waals surface area contributed by atoms with Gasteiger partial charge in [-0.05, 0) is 24.1 Å². The minimum atomic E-state index is 0.541. The number of halogens is 1. The van der Waals surface area contributed by atoms with Crippen molar-refractivity contribution in [3.05, 3.63) is 23.8 Å². The molecule has 1 aliphatic heterocycles. The molecular formula is C9H9BrOS. The number of benzene rings is 1. The van der Waals surface area contributed by atoms with E-state index in [1.165, 1.54) is 10.5 Å². The molecule has 1 atom stereocenters. The van der Waals surface area contributed by atoms with Crippen molar-refractivity contribution < 1.29 is 4.74 Å². The second kappa shape index (κ2) is 3.30. The Kier molecular flexibility index (Phi) is 2.33. The molecule has 1 nitrogen and oxygen atoms in total. The van der Waals surface area contributed by atoms with Crippen LogP contribution in [0.5, 0.6) is 5.75 Å². The van der Waals surface area contributed by atoms with Crippen LogP contribution in [0, 0.1) is 0 Å². The van der Waals surface area contributed by atoms with Gasteiger partial charge < -0.3 is 4.74 Å². The lowest BCUT2D eigenvalue weighted by molar-refractivity contribution is 0.413. The van der Waals surface area contributed by atoms with Crippen molar-refractivity contribution in [1.29, 1.82) is 0 Å². The molecule has 1 unspecified atom stereocenters. The van der Waals surface area contributed by atoms with Crippen molar-refractivity contribution in [2.24, 2.45) is 0 Å². The summed E-state index contributed by atoms with van der Waals surface area (Å²) in [7, 11) is 1.70. The summed E-state index contributed by atoms with van der Waals surface area (Å²) in [6.07, 6.45) is 1.12. The van der Waals surface area contributed by atoms with Crippen molar-refractivity contribution >= 4 is 27.7 Å². The van der Waals surface area contributed by atoms with E-state index >= 15 is 0 Å². The molecule has 0 saturated carbocycles. The summed E-state index contributed by atoms with van der Waals surface area (Å²) in [6.45, 7) is 0. The summed E-state index contributed by atoms with van der Waals surface area (Å²) in [5.74, 6) is 0.947. The highest BCUT2D eigenvalue weighted by Crippen LogP contribution is 2.41. The SMILES string of the molecule is COc1ccc2c(c1)SC(Br)C2. The van der Waals surface area contributed by atoms with Gasteiger partial charge in [-0.25, -0.2) is 0 Å². The Bertz CT molecular complexity index is 301. The largest absolute Gasteiger partial charge is 0.497 e. The summed E-state index contributed by atoms with van der Waals surface area (Å²) in [5.41, 5.74) is 1.42. The molecule has 3 heteroatoms. The monoisotopic (exact) mass is 244 g/mol. The van der Waals surface area contributed by atoms with Gasteiger partial charge in [-0.3, -0.25) is 0 Å². The number of hydrogen-bond donors (Lipinski definition) is 0. The average molecular weight is 245 g/mol. The van der Waals surface area contributed by atoms with Crippen molar-refractivity contribution in [3.63, 3.8) is 0 Å². The highest BCUT2D eigenvalue weighted by molar-refractivity contribution is 9.11. The fraction of sp³-hybridized carbons (Fsp3) is 0.333. The highest BCUT2D eigenvalue weighted by Gasteiger charge is 2.19. The van der Waals surface area contributed by atoms with Crippen molar-refractivity contribution in [2.45, 2.75) is 15.5 Å². The van der Waals surface area contributed by atoms with Crippen molar-refractivity contribution in [3.8, 4) is 5.75 Å². The summed E-state index contributed by atoms with van der Waals surface area (Å²) < 4.78 is 5.69. The Hall–Kier alpha value is -0.150. The van der Waals surface area contributed by atoms with E-state index in [1.54, 1.807) is 7.11 Å². The first-order chi connectivity index (χ1) is 5.79. The molecule has 12 heavy (non-hydrogen) atoms. The molecule has 0 amide bonds. The predicted octanol–water partition coefficient (Wildman–Crippen LogP) is 3.06. The predicted molar refractivity (Wildman–Crippen MR) is 55.3 cm³/mol. The first-order valence-electron chi connectivity index (χ1n) is 3.77. The molecule has 0 bridgehead atoms. The molecule has 0 N–H and O–H groups in total. The third-order valence-electron chi connectivity index (χ3n) is 1.91. The number of ether oxygens (including phenoxy) is 1. The third-order valence-corrected chi connectivity index (χ3v) is 3.85. The molecule has 64 valence electrons. The lowest BCUT2D eigenvalue weighted by Gasteiger charge is -2.01. The van der Waals surface area contributed by atoms with Crippen molar-refractivity contribution in [1.82, 2.24) is 0 Å². The number of alkyl halides is 1. The van der Waals surface area contributed by atoms with Crippen LogP contribution in [0.3, 0.4) is 0 Å². The van der Waals surface area contributed by atoms with Crippen LogP contribution in [0.25, 0.3) is 0 Å². The normalized spacial score (nSPS) is 20.7. The van der Waals surface area contributed by atoms with E-state index in [0.717, 1.165) is 12.2 Å². The van der Waals surface area contributed by atoms with Gasteiger partial charge in [-0.15, -0.1) is 11.8 Å². The Balaban J connectivity index is 2.35. The Morgan fingerprint density at radius 3 is 3.17 bits per heavy atom. The van der Waals surface area contributed by atoms with E-state index in [4.69, 9.17) is 4.74 Å². The maximum Gasteiger partial charge on any atom is 0.119 e. The van der Waals surface area contributed by atoms with Gasteiger partial charge >= 0.3 is 0 Å². The van der Waals surface area contributed by atoms with E-state index in [0.29, 0.717) is 4.16 Å². The molecule has 1 heterocycles. The average Bonchev–Trinajstić information content (AvgIpc) is 2.43. The molecular weight excluding hydrogens is 236 g/mol. The Labute approximate surface area is 84.6 Å². The first-order valence-corrected chi connectivity index (χ1v) is 5.57. The van der Waals surface area contributed by atoms with Gasteiger partial charge in [0.2, 0.25) is 0 Å². The van der Waals surface area contributed by atoms with E-state index in [-0.39, 0.29) is 0 Å². The molecule has 1 aliphatic rings. The lowest BCUT2D eigenvalue weighted by atomic mass is 10.2. The van der Waals surface area contributed by atoms with Gasteiger partial charge in [-0.1, -0.05) is 22.0 Å². The fourth-order valence-electron chi connectivity index (χ4n) is 1.29. The second-order valence-corrected chi connectivity index (χ2v) is 5.66. The highest BCUT2D eigenvalue weighted by atomic mass is 79.9. The van der Waals surface area contributed by atoms with Crippen molar-refractivity contribution in [2.75, 3.05) is 7.11 Å². The molecule has 0 spiro atoms. The van der Waals surface area contributed by atoms with Crippen LogP contribution in [0.2, 0.25) is 0 Å². The maximum atomic E-state index is 5.15. The van der Waals surface area contributed by atoms with Crippen LogP contribution in [0.4, 0.5) is 0 Å². The molecule has 0 aromatic heterocycles. The molecule has 0 aliphatic carbocycles. The summed E-state index contributed by atoms with van der Waals surface area (Å²) >= 11 is 5.44. The first kappa shape index (κ1) is 8.45. The zero-order valence-corrected chi connectivity index (χ0v) is 9.11. The zero-order chi connectivity index (χ0) is 8.55.